The van der Waals surface area contributed by atoms with Gasteiger partial charge >= 0.3 is 0 Å². The Balaban J connectivity index is 1.94. The van der Waals surface area contributed by atoms with Gasteiger partial charge in [0.15, 0.2) is 11.4 Å². The number of aliphatic hydroxyl groups excluding tert-OH is 1. The number of ketones is 1. The summed E-state index contributed by atoms with van der Waals surface area (Å²) in [5.74, 6) is -0.314. The molecule has 2 unspecified atom stereocenters. The SMILES string of the molecule is CNC(C)(C)C(Cc1c[nH]c2ccccc12)C(=O)C1(CO)CO1. The molecule has 0 aliphatic carbocycles. The van der Waals surface area contributed by atoms with Crippen molar-refractivity contribution in [2.24, 2.45) is 5.92 Å². The van der Waals surface area contributed by atoms with Crippen LogP contribution in [0.15, 0.2) is 30.5 Å². The zero-order valence-electron chi connectivity index (χ0n) is 13.8. The van der Waals surface area contributed by atoms with Crippen LogP contribution in [0.5, 0.6) is 0 Å². The third kappa shape index (κ3) is 2.80. The van der Waals surface area contributed by atoms with E-state index in [-0.39, 0.29) is 18.3 Å². The number of rotatable bonds is 7. The molecule has 1 aromatic carbocycles. The quantitative estimate of drug-likeness (QED) is 0.679. The predicted octanol–water partition coefficient (Wildman–Crippen LogP) is 1.65. The Morgan fingerprint density at radius 3 is 2.78 bits per heavy atom. The highest BCUT2D eigenvalue weighted by molar-refractivity contribution is 5.94. The Morgan fingerprint density at radius 1 is 1.48 bits per heavy atom. The second-order valence-corrected chi connectivity index (χ2v) is 6.89. The molecule has 0 spiro atoms. The van der Waals surface area contributed by atoms with Gasteiger partial charge in [-0.2, -0.15) is 0 Å². The summed E-state index contributed by atoms with van der Waals surface area (Å²) in [6.07, 6.45) is 2.57. The van der Waals surface area contributed by atoms with Crippen LogP contribution in [0.1, 0.15) is 19.4 Å². The van der Waals surface area contributed by atoms with Gasteiger partial charge in [0.05, 0.1) is 13.2 Å². The summed E-state index contributed by atoms with van der Waals surface area (Å²) in [5, 5.41) is 13.9. The highest BCUT2D eigenvalue weighted by Gasteiger charge is 2.56. The van der Waals surface area contributed by atoms with Gasteiger partial charge in [-0.1, -0.05) is 18.2 Å². The van der Waals surface area contributed by atoms with Crippen molar-refractivity contribution in [2.75, 3.05) is 20.3 Å². The van der Waals surface area contributed by atoms with E-state index in [4.69, 9.17) is 4.74 Å². The summed E-state index contributed by atoms with van der Waals surface area (Å²) < 4.78 is 5.30. The van der Waals surface area contributed by atoms with E-state index in [1.807, 2.05) is 45.3 Å². The van der Waals surface area contributed by atoms with Crippen molar-refractivity contribution in [1.29, 1.82) is 0 Å². The molecule has 3 N–H and O–H groups in total. The van der Waals surface area contributed by atoms with Crippen LogP contribution >= 0.6 is 0 Å². The van der Waals surface area contributed by atoms with Gasteiger partial charge in [-0.05, 0) is 38.9 Å². The fourth-order valence-electron chi connectivity index (χ4n) is 3.09. The van der Waals surface area contributed by atoms with E-state index in [2.05, 4.69) is 16.4 Å². The molecule has 3 rings (SSSR count). The van der Waals surface area contributed by atoms with Gasteiger partial charge in [-0.3, -0.25) is 4.79 Å². The molecule has 1 aliphatic heterocycles. The summed E-state index contributed by atoms with van der Waals surface area (Å²) >= 11 is 0. The molecule has 2 heterocycles. The molecule has 124 valence electrons. The number of epoxide rings is 1. The molecule has 0 radical (unpaired) electrons. The summed E-state index contributed by atoms with van der Waals surface area (Å²) in [4.78, 5) is 16.2. The normalized spacial score (nSPS) is 22.3. The monoisotopic (exact) mass is 316 g/mol. The molecule has 1 aliphatic rings. The summed E-state index contributed by atoms with van der Waals surface area (Å²) in [7, 11) is 1.86. The number of para-hydroxylation sites is 1. The number of carbonyl (C=O) groups is 1. The van der Waals surface area contributed by atoms with Crippen molar-refractivity contribution in [3.8, 4) is 0 Å². The minimum Gasteiger partial charge on any atom is -0.393 e. The third-order valence-electron chi connectivity index (χ3n) is 5.13. The number of aliphatic hydroxyl groups is 1. The Labute approximate surface area is 136 Å². The molecule has 0 amide bonds. The Bertz CT molecular complexity index is 716. The van der Waals surface area contributed by atoms with E-state index >= 15 is 0 Å². The van der Waals surface area contributed by atoms with E-state index in [9.17, 15) is 9.90 Å². The molecule has 23 heavy (non-hydrogen) atoms. The molecule has 1 saturated heterocycles. The highest BCUT2D eigenvalue weighted by Crippen LogP contribution is 2.36. The number of nitrogens with one attached hydrogen (secondary N) is 2. The molecule has 0 bridgehead atoms. The van der Waals surface area contributed by atoms with Crippen molar-refractivity contribution in [2.45, 2.75) is 31.4 Å². The molecular weight excluding hydrogens is 292 g/mol. The Kier molecular flexibility index (Phi) is 4.04. The molecule has 2 atom stereocenters. The molecule has 5 nitrogen and oxygen atoms in total. The average molecular weight is 316 g/mol. The van der Waals surface area contributed by atoms with Crippen LogP contribution in [0.25, 0.3) is 10.9 Å². The predicted molar refractivity (Wildman–Crippen MR) is 89.4 cm³/mol. The smallest absolute Gasteiger partial charge is 0.174 e. The first-order chi connectivity index (χ1) is 10.9. The zero-order chi connectivity index (χ0) is 16.7. The van der Waals surface area contributed by atoms with Gasteiger partial charge < -0.3 is 20.1 Å². The molecule has 2 aromatic rings. The van der Waals surface area contributed by atoms with Crippen LogP contribution in [-0.4, -0.2) is 47.3 Å². The van der Waals surface area contributed by atoms with E-state index in [0.29, 0.717) is 13.0 Å². The highest BCUT2D eigenvalue weighted by atomic mass is 16.6. The van der Waals surface area contributed by atoms with Crippen molar-refractivity contribution < 1.29 is 14.6 Å². The number of fused-ring (bicyclic) bond motifs is 1. The summed E-state index contributed by atoms with van der Waals surface area (Å²) in [6, 6.07) is 8.07. The number of hydrogen-bond donors (Lipinski definition) is 3. The lowest BCUT2D eigenvalue weighted by molar-refractivity contribution is -0.131. The largest absolute Gasteiger partial charge is 0.393 e. The van der Waals surface area contributed by atoms with Crippen LogP contribution in [0.3, 0.4) is 0 Å². The summed E-state index contributed by atoms with van der Waals surface area (Å²) in [6.45, 7) is 4.08. The van der Waals surface area contributed by atoms with Gasteiger partial charge in [0.25, 0.3) is 0 Å². The van der Waals surface area contributed by atoms with Crippen LogP contribution in [-0.2, 0) is 16.0 Å². The second kappa shape index (κ2) is 5.74. The minimum atomic E-state index is -0.995. The number of aromatic nitrogens is 1. The lowest BCUT2D eigenvalue weighted by atomic mass is 9.76. The topological polar surface area (TPSA) is 77.7 Å². The first-order valence-electron chi connectivity index (χ1n) is 7.96. The first-order valence-corrected chi connectivity index (χ1v) is 7.96. The number of H-pyrrole nitrogens is 1. The van der Waals surface area contributed by atoms with Gasteiger partial charge in [0.1, 0.15) is 0 Å². The molecule has 0 saturated carbocycles. The average Bonchev–Trinajstić information content (AvgIpc) is 3.27. The fourth-order valence-corrected chi connectivity index (χ4v) is 3.09. The standard InChI is InChI=1S/C18H24N2O3/c1-17(2,19-3)14(16(22)18(10-21)11-23-18)8-12-9-20-15-7-5-4-6-13(12)15/h4-7,9,14,19-21H,8,10-11H2,1-3H3. The van der Waals surface area contributed by atoms with E-state index in [1.165, 1.54) is 0 Å². The minimum absolute atomic E-state index is 0.0235. The molecule has 1 fully saturated rings. The van der Waals surface area contributed by atoms with Gasteiger partial charge in [-0.25, -0.2) is 0 Å². The third-order valence-corrected chi connectivity index (χ3v) is 5.13. The van der Waals surface area contributed by atoms with Crippen molar-refractivity contribution >= 4 is 16.7 Å². The second-order valence-electron chi connectivity index (χ2n) is 6.89. The van der Waals surface area contributed by atoms with Crippen molar-refractivity contribution in [3.63, 3.8) is 0 Å². The van der Waals surface area contributed by atoms with E-state index in [1.54, 1.807) is 0 Å². The van der Waals surface area contributed by atoms with Crippen LogP contribution < -0.4 is 5.32 Å². The van der Waals surface area contributed by atoms with Gasteiger partial charge in [0, 0.05) is 28.6 Å². The number of ether oxygens (including phenoxy) is 1. The molecule has 5 heteroatoms. The number of hydrogen-bond acceptors (Lipinski definition) is 4. The molecule has 1 aromatic heterocycles. The lowest BCUT2D eigenvalue weighted by Gasteiger charge is -2.34. The Hall–Kier alpha value is -1.69. The fraction of sp³-hybridized carbons (Fsp3) is 0.500. The van der Waals surface area contributed by atoms with Crippen LogP contribution in [0.2, 0.25) is 0 Å². The van der Waals surface area contributed by atoms with E-state index in [0.717, 1.165) is 16.5 Å². The van der Waals surface area contributed by atoms with Crippen molar-refractivity contribution in [3.05, 3.63) is 36.0 Å². The number of benzene rings is 1. The Morgan fingerprint density at radius 2 is 2.17 bits per heavy atom. The maximum atomic E-state index is 13.0. The number of Topliss-reactive ketones (excluding diaryl/α,β-unsaturated/α-hetero) is 1. The zero-order valence-corrected chi connectivity index (χ0v) is 13.8. The van der Waals surface area contributed by atoms with Crippen LogP contribution in [0, 0.1) is 5.92 Å². The van der Waals surface area contributed by atoms with Crippen molar-refractivity contribution in [1.82, 2.24) is 10.3 Å². The summed E-state index contributed by atoms with van der Waals surface area (Å²) in [5.41, 5.74) is 0.778. The number of carbonyl (C=O) groups excluding carboxylic acids is 1. The van der Waals surface area contributed by atoms with Gasteiger partial charge in [-0.15, -0.1) is 0 Å². The first kappa shape index (κ1) is 16.2. The number of aromatic amines is 1. The van der Waals surface area contributed by atoms with Gasteiger partial charge in [0.2, 0.25) is 0 Å². The maximum absolute atomic E-state index is 13.0. The van der Waals surface area contributed by atoms with E-state index < -0.39 is 11.1 Å². The maximum Gasteiger partial charge on any atom is 0.174 e. The molecular formula is C18H24N2O3. The van der Waals surface area contributed by atoms with Crippen LogP contribution in [0.4, 0.5) is 0 Å². The lowest BCUT2D eigenvalue weighted by Crippen LogP contribution is -2.52.